The Labute approximate surface area is 75.7 Å². The Morgan fingerprint density at radius 1 is 1.50 bits per heavy atom. The van der Waals surface area contributed by atoms with Gasteiger partial charge in [-0.25, -0.2) is 4.79 Å². The molecule has 0 heterocycles. The summed E-state index contributed by atoms with van der Waals surface area (Å²) >= 11 is 0. The van der Waals surface area contributed by atoms with Gasteiger partial charge < -0.3 is 4.74 Å². The molecule has 0 atom stereocenters. The van der Waals surface area contributed by atoms with Crippen LogP contribution in [-0.4, -0.2) is 13.0 Å². The molecule has 2 heteroatoms. The third-order valence-corrected chi connectivity index (χ3v) is 1.31. The van der Waals surface area contributed by atoms with Gasteiger partial charge in [-0.1, -0.05) is 30.3 Å². The van der Waals surface area contributed by atoms with E-state index in [0.29, 0.717) is 0 Å². The second-order valence-corrected chi connectivity index (χ2v) is 2.17. The zero-order valence-electron chi connectivity index (χ0n) is 9.36. The van der Waals surface area contributed by atoms with Crippen LogP contribution in [0, 0.1) is 0 Å². The molecule has 0 saturated heterocycles. The van der Waals surface area contributed by atoms with Gasteiger partial charge in [0.2, 0.25) is 0 Å². The maximum Gasteiger partial charge on any atom is 0.330 e. The van der Waals surface area contributed by atoms with Crippen molar-refractivity contribution in [2.75, 3.05) is 7.04 Å². The van der Waals surface area contributed by atoms with Crippen molar-refractivity contribution in [3.63, 3.8) is 0 Å². The number of hydrogen-bond donors (Lipinski definition) is 0. The van der Waals surface area contributed by atoms with Crippen LogP contribution >= 0.6 is 0 Å². The van der Waals surface area contributed by atoms with E-state index in [1.807, 2.05) is 18.2 Å². The van der Waals surface area contributed by atoms with Crippen molar-refractivity contribution < 1.29 is 13.6 Å². The summed E-state index contributed by atoms with van der Waals surface area (Å²) in [7, 11) is -2.68. The molecule has 0 spiro atoms. The summed E-state index contributed by atoms with van der Waals surface area (Å²) in [6.07, 6.45) is 2.58. The number of benzene rings is 1. The lowest BCUT2D eigenvalue weighted by Gasteiger charge is -1.91. The first-order valence-electron chi connectivity index (χ1n) is 4.93. The van der Waals surface area contributed by atoms with E-state index in [2.05, 4.69) is 4.74 Å². The van der Waals surface area contributed by atoms with Gasteiger partial charge in [0.1, 0.15) is 0 Å². The summed E-state index contributed by atoms with van der Waals surface area (Å²) in [6.45, 7) is 0. The molecule has 1 rings (SSSR count). The SMILES string of the molecule is [2H]C([2H])([2H])OC(=O)/C=C/c1ccccc1. The molecular weight excluding hydrogens is 152 g/mol. The van der Waals surface area contributed by atoms with Gasteiger partial charge in [-0.15, -0.1) is 0 Å². The van der Waals surface area contributed by atoms with E-state index in [0.717, 1.165) is 11.6 Å². The zero-order valence-corrected chi connectivity index (χ0v) is 6.36. The number of methoxy groups -OCH3 is 1. The molecule has 0 aromatic heterocycles. The number of carbonyl (C=O) groups excluding carboxylic acids is 1. The second kappa shape index (κ2) is 4.34. The van der Waals surface area contributed by atoms with Gasteiger partial charge in [-0.2, -0.15) is 0 Å². The third-order valence-electron chi connectivity index (χ3n) is 1.31. The van der Waals surface area contributed by atoms with E-state index in [4.69, 9.17) is 4.11 Å². The van der Waals surface area contributed by atoms with Crippen molar-refractivity contribution in [1.29, 1.82) is 0 Å². The van der Waals surface area contributed by atoms with E-state index >= 15 is 0 Å². The quantitative estimate of drug-likeness (QED) is 0.494. The first-order chi connectivity index (χ1) is 6.97. The molecule has 0 amide bonds. The number of esters is 1. The minimum absolute atomic E-state index is 0.806. The summed E-state index contributed by atoms with van der Waals surface area (Å²) in [5, 5.41) is 0. The fraction of sp³-hybridized carbons (Fsp3) is 0.100. The zero-order chi connectivity index (χ0) is 11.3. The van der Waals surface area contributed by atoms with Gasteiger partial charge in [0.25, 0.3) is 0 Å². The fourth-order valence-electron chi connectivity index (χ4n) is 0.762. The van der Waals surface area contributed by atoms with Gasteiger partial charge in [0.05, 0.1) is 11.2 Å². The highest BCUT2D eigenvalue weighted by Gasteiger charge is 1.89. The summed E-state index contributed by atoms with van der Waals surface area (Å²) in [5.41, 5.74) is 0.806. The number of ether oxygens (including phenoxy) is 1. The highest BCUT2D eigenvalue weighted by molar-refractivity contribution is 5.86. The molecule has 1 aromatic carbocycles. The molecule has 0 aliphatic rings. The molecule has 0 N–H and O–H groups in total. The first-order valence-corrected chi connectivity index (χ1v) is 3.43. The second-order valence-electron chi connectivity index (χ2n) is 2.17. The third kappa shape index (κ3) is 2.58. The van der Waals surface area contributed by atoms with Crippen LogP contribution in [0.1, 0.15) is 9.68 Å². The largest absolute Gasteiger partial charge is 0.466 e. The van der Waals surface area contributed by atoms with Crippen molar-refractivity contribution in [2.24, 2.45) is 0 Å². The summed E-state index contributed by atoms with van der Waals surface area (Å²) in [6, 6.07) is 9.06. The molecule has 1 aromatic rings. The standard InChI is InChI=1S/C10H10O2/c1-12-10(11)8-7-9-5-3-2-4-6-9/h2-8H,1H3/b8-7+/i1D3. The molecular formula is C10H10O2. The Bertz CT molecular complexity index is 355. The van der Waals surface area contributed by atoms with E-state index in [1.54, 1.807) is 12.1 Å². The van der Waals surface area contributed by atoms with Crippen molar-refractivity contribution in [1.82, 2.24) is 0 Å². The Balaban J connectivity index is 2.56. The van der Waals surface area contributed by atoms with Crippen molar-refractivity contribution in [3.8, 4) is 0 Å². The molecule has 0 bridgehead atoms. The number of rotatable bonds is 2. The Morgan fingerprint density at radius 2 is 2.25 bits per heavy atom. The lowest BCUT2D eigenvalue weighted by molar-refractivity contribution is -0.134. The molecule has 2 nitrogen and oxygen atoms in total. The minimum atomic E-state index is -2.68. The van der Waals surface area contributed by atoms with E-state index in [-0.39, 0.29) is 0 Å². The van der Waals surface area contributed by atoms with Crippen LogP contribution < -0.4 is 0 Å². The molecule has 0 fully saturated rings. The van der Waals surface area contributed by atoms with Crippen molar-refractivity contribution in [2.45, 2.75) is 0 Å². The molecule has 62 valence electrons. The average Bonchev–Trinajstić information content (AvgIpc) is 2.14. The Morgan fingerprint density at radius 3 is 2.92 bits per heavy atom. The van der Waals surface area contributed by atoms with E-state index in [1.165, 1.54) is 6.08 Å². The lowest BCUT2D eigenvalue weighted by atomic mass is 10.2. The minimum Gasteiger partial charge on any atom is -0.466 e. The first kappa shape index (κ1) is 5.14. The molecule has 0 aliphatic carbocycles. The van der Waals surface area contributed by atoms with Crippen LogP contribution in [0.25, 0.3) is 6.08 Å². The number of hydrogen-bond acceptors (Lipinski definition) is 2. The van der Waals surface area contributed by atoms with Crippen LogP contribution in [-0.2, 0) is 9.53 Å². The highest BCUT2D eigenvalue weighted by atomic mass is 16.5. The topological polar surface area (TPSA) is 26.3 Å². The van der Waals surface area contributed by atoms with Gasteiger partial charge in [-0.3, -0.25) is 0 Å². The summed E-state index contributed by atoms with van der Waals surface area (Å²) in [4.78, 5) is 11.0. The van der Waals surface area contributed by atoms with Crippen LogP contribution in [0.4, 0.5) is 0 Å². The van der Waals surface area contributed by atoms with Crippen LogP contribution in [0.2, 0.25) is 0 Å². The predicted molar refractivity (Wildman–Crippen MR) is 47.5 cm³/mol. The normalized spacial score (nSPS) is 14.8. The lowest BCUT2D eigenvalue weighted by Crippen LogP contribution is -1.92. The molecule has 0 unspecified atom stereocenters. The van der Waals surface area contributed by atoms with Crippen LogP contribution in [0.15, 0.2) is 36.4 Å². The van der Waals surface area contributed by atoms with Gasteiger partial charge >= 0.3 is 5.97 Å². The molecule has 0 radical (unpaired) electrons. The van der Waals surface area contributed by atoms with E-state index in [9.17, 15) is 4.79 Å². The van der Waals surface area contributed by atoms with Crippen molar-refractivity contribution in [3.05, 3.63) is 42.0 Å². The van der Waals surface area contributed by atoms with Crippen LogP contribution in [0.5, 0.6) is 0 Å². The monoisotopic (exact) mass is 165 g/mol. The smallest absolute Gasteiger partial charge is 0.330 e. The molecule has 0 saturated carbocycles. The summed E-state index contributed by atoms with van der Waals surface area (Å²) in [5.74, 6) is -0.876. The number of carbonyl (C=O) groups is 1. The van der Waals surface area contributed by atoms with E-state index < -0.39 is 13.0 Å². The van der Waals surface area contributed by atoms with Gasteiger partial charge in [0, 0.05) is 6.08 Å². The molecule has 12 heavy (non-hydrogen) atoms. The van der Waals surface area contributed by atoms with Crippen LogP contribution in [0.3, 0.4) is 0 Å². The highest BCUT2D eigenvalue weighted by Crippen LogP contribution is 2.00. The maximum absolute atomic E-state index is 11.0. The predicted octanol–water partition coefficient (Wildman–Crippen LogP) is 1.87. The fourth-order valence-corrected chi connectivity index (χ4v) is 0.762. The molecule has 0 aliphatic heterocycles. The Kier molecular flexibility index (Phi) is 1.86. The summed E-state index contributed by atoms with van der Waals surface area (Å²) < 4.78 is 24.2. The Hall–Kier alpha value is -1.57. The van der Waals surface area contributed by atoms with Crippen molar-refractivity contribution >= 4 is 12.0 Å². The van der Waals surface area contributed by atoms with Gasteiger partial charge in [-0.05, 0) is 11.6 Å². The average molecular weight is 165 g/mol. The van der Waals surface area contributed by atoms with Gasteiger partial charge in [0.15, 0.2) is 0 Å². The maximum atomic E-state index is 11.0.